The number of aryl methyl sites for hydroxylation is 1. The van der Waals surface area contributed by atoms with Gasteiger partial charge in [-0.3, -0.25) is 9.59 Å². The lowest BCUT2D eigenvalue weighted by Crippen LogP contribution is -2.26. The number of carbonyl (C=O) groups is 2. The number of ether oxygens (including phenoxy) is 1. The molecule has 0 aliphatic carbocycles. The first-order valence-corrected chi connectivity index (χ1v) is 10.1. The molecule has 0 unspecified atom stereocenters. The molecule has 2 aromatic carbocycles. The predicted octanol–water partition coefficient (Wildman–Crippen LogP) is 4.89. The highest BCUT2D eigenvalue weighted by atomic mass is 35.5. The van der Waals surface area contributed by atoms with Crippen LogP contribution in [0.3, 0.4) is 0 Å². The zero-order valence-corrected chi connectivity index (χ0v) is 17.2. The molecule has 0 radical (unpaired) electrons. The average Bonchev–Trinajstić information content (AvgIpc) is 3.22. The number of fused-ring (bicyclic) bond motifs is 1. The third kappa shape index (κ3) is 4.66. The van der Waals surface area contributed by atoms with Gasteiger partial charge in [-0.05, 0) is 66.9 Å². The summed E-state index contributed by atoms with van der Waals surface area (Å²) >= 11 is 5.90. The van der Waals surface area contributed by atoms with Crippen molar-refractivity contribution in [3.05, 3.63) is 82.3 Å². The third-order valence-corrected chi connectivity index (χ3v) is 5.21. The number of benzene rings is 2. The lowest BCUT2D eigenvalue weighted by atomic mass is 10.0. The van der Waals surface area contributed by atoms with Crippen molar-refractivity contribution in [2.75, 3.05) is 5.32 Å². The van der Waals surface area contributed by atoms with Crippen LogP contribution in [0, 0.1) is 0 Å². The number of amides is 2. The summed E-state index contributed by atoms with van der Waals surface area (Å²) in [7, 11) is 0. The Morgan fingerprint density at radius 1 is 1.17 bits per heavy atom. The van der Waals surface area contributed by atoms with Crippen molar-refractivity contribution < 1.29 is 18.7 Å². The monoisotopic (exact) mass is 424 g/mol. The van der Waals surface area contributed by atoms with E-state index in [0.717, 1.165) is 16.8 Å². The van der Waals surface area contributed by atoms with Gasteiger partial charge in [0.05, 0.1) is 6.04 Å². The molecular formula is C23H21ClN2O4. The molecule has 2 heterocycles. The van der Waals surface area contributed by atoms with Gasteiger partial charge in [0.1, 0.15) is 18.1 Å². The number of hydrogen-bond donors (Lipinski definition) is 2. The predicted molar refractivity (Wildman–Crippen MR) is 114 cm³/mol. The molecule has 0 spiro atoms. The molecule has 7 heteroatoms. The van der Waals surface area contributed by atoms with E-state index in [9.17, 15) is 9.59 Å². The molecule has 0 saturated carbocycles. The zero-order chi connectivity index (χ0) is 21.1. The zero-order valence-electron chi connectivity index (χ0n) is 16.4. The standard InChI is InChI=1S/C23H21ClN2O4/c1-14(15-2-5-17(24)6-3-15)25-23(28)21-10-8-19(30-21)13-29-18-7-9-20-16(12-18)4-11-22(27)26-20/h2-3,5-10,12,14H,4,11,13H2,1H3,(H,25,28)(H,26,27)/t14-/m0/s1. The molecule has 4 rings (SSSR count). The third-order valence-electron chi connectivity index (χ3n) is 4.96. The van der Waals surface area contributed by atoms with Crippen LogP contribution >= 0.6 is 11.6 Å². The second kappa shape index (κ2) is 8.63. The maximum absolute atomic E-state index is 12.5. The van der Waals surface area contributed by atoms with Gasteiger partial charge in [-0.25, -0.2) is 0 Å². The fourth-order valence-electron chi connectivity index (χ4n) is 3.28. The first kappa shape index (κ1) is 20.0. The van der Waals surface area contributed by atoms with Gasteiger partial charge in [-0.1, -0.05) is 23.7 Å². The van der Waals surface area contributed by atoms with Gasteiger partial charge < -0.3 is 19.8 Å². The maximum atomic E-state index is 12.5. The second-order valence-electron chi connectivity index (χ2n) is 7.17. The van der Waals surface area contributed by atoms with E-state index in [1.807, 2.05) is 31.2 Å². The summed E-state index contributed by atoms with van der Waals surface area (Å²) in [5.41, 5.74) is 2.82. The number of rotatable bonds is 6. The van der Waals surface area contributed by atoms with Gasteiger partial charge in [0.2, 0.25) is 5.91 Å². The van der Waals surface area contributed by atoms with Crippen molar-refractivity contribution in [1.82, 2.24) is 5.32 Å². The van der Waals surface area contributed by atoms with E-state index < -0.39 is 0 Å². The minimum Gasteiger partial charge on any atom is -0.486 e. The SMILES string of the molecule is C[C@H](NC(=O)c1ccc(COc2ccc3c(c2)CCC(=O)N3)o1)c1ccc(Cl)cc1. The molecule has 0 fully saturated rings. The Kier molecular flexibility index (Phi) is 5.77. The molecule has 2 N–H and O–H groups in total. The summed E-state index contributed by atoms with van der Waals surface area (Å²) in [6.45, 7) is 2.10. The smallest absolute Gasteiger partial charge is 0.287 e. The van der Waals surface area contributed by atoms with Crippen molar-refractivity contribution in [2.45, 2.75) is 32.4 Å². The highest BCUT2D eigenvalue weighted by Gasteiger charge is 2.17. The molecule has 1 aromatic heterocycles. The minimum absolute atomic E-state index is 0.0305. The van der Waals surface area contributed by atoms with Gasteiger partial charge in [0, 0.05) is 17.1 Å². The van der Waals surface area contributed by atoms with Gasteiger partial charge in [-0.2, -0.15) is 0 Å². The van der Waals surface area contributed by atoms with Crippen molar-refractivity contribution >= 4 is 29.1 Å². The Balaban J connectivity index is 1.34. The number of carbonyl (C=O) groups excluding carboxylic acids is 2. The Morgan fingerprint density at radius 3 is 2.77 bits per heavy atom. The molecule has 1 aliphatic heterocycles. The molecule has 154 valence electrons. The van der Waals surface area contributed by atoms with Gasteiger partial charge in [-0.15, -0.1) is 0 Å². The first-order chi connectivity index (χ1) is 14.5. The average molecular weight is 425 g/mol. The summed E-state index contributed by atoms with van der Waals surface area (Å²) in [6, 6.07) is 16.0. The summed E-state index contributed by atoms with van der Waals surface area (Å²) in [5.74, 6) is 1.19. The van der Waals surface area contributed by atoms with Crippen molar-refractivity contribution in [3.63, 3.8) is 0 Å². The largest absolute Gasteiger partial charge is 0.486 e. The minimum atomic E-state index is -0.298. The first-order valence-electron chi connectivity index (χ1n) is 9.68. The molecule has 2 amide bonds. The maximum Gasteiger partial charge on any atom is 0.287 e. The summed E-state index contributed by atoms with van der Waals surface area (Å²) in [5, 5.41) is 6.40. The van der Waals surface area contributed by atoms with Crippen molar-refractivity contribution in [1.29, 1.82) is 0 Å². The molecular weight excluding hydrogens is 404 g/mol. The molecule has 30 heavy (non-hydrogen) atoms. The van der Waals surface area contributed by atoms with Crippen LogP contribution in [0.15, 0.2) is 59.0 Å². The number of nitrogens with one attached hydrogen (secondary N) is 2. The van der Waals surface area contributed by atoms with Crippen LogP contribution in [0.1, 0.15) is 46.8 Å². The topological polar surface area (TPSA) is 80.6 Å². The van der Waals surface area contributed by atoms with Crippen LogP contribution in [0.4, 0.5) is 5.69 Å². The van der Waals surface area contributed by atoms with E-state index in [2.05, 4.69) is 10.6 Å². The van der Waals surface area contributed by atoms with Gasteiger partial charge >= 0.3 is 0 Å². The highest BCUT2D eigenvalue weighted by molar-refractivity contribution is 6.30. The van der Waals surface area contributed by atoms with Crippen molar-refractivity contribution in [2.24, 2.45) is 0 Å². The Labute approximate surface area is 179 Å². The van der Waals surface area contributed by atoms with Crippen LogP contribution in [0.5, 0.6) is 5.75 Å². The van der Waals surface area contributed by atoms with E-state index in [-0.39, 0.29) is 30.2 Å². The molecule has 0 saturated heterocycles. The lowest BCUT2D eigenvalue weighted by molar-refractivity contribution is -0.116. The molecule has 3 aromatic rings. The second-order valence-corrected chi connectivity index (χ2v) is 7.60. The Hall–Kier alpha value is -3.25. The van der Waals surface area contributed by atoms with Gasteiger partial charge in [0.25, 0.3) is 5.91 Å². The van der Waals surface area contributed by atoms with E-state index in [1.54, 1.807) is 30.3 Å². The van der Waals surface area contributed by atoms with E-state index in [0.29, 0.717) is 29.4 Å². The summed E-state index contributed by atoms with van der Waals surface area (Å²) < 4.78 is 11.4. The molecule has 1 atom stereocenters. The van der Waals surface area contributed by atoms with Gasteiger partial charge in [0.15, 0.2) is 5.76 Å². The van der Waals surface area contributed by atoms with E-state index in [4.69, 9.17) is 20.8 Å². The Morgan fingerprint density at radius 2 is 1.97 bits per heavy atom. The lowest BCUT2D eigenvalue weighted by Gasteiger charge is -2.17. The molecule has 0 bridgehead atoms. The fourth-order valence-corrected chi connectivity index (χ4v) is 3.41. The number of hydrogen-bond acceptors (Lipinski definition) is 4. The highest BCUT2D eigenvalue weighted by Crippen LogP contribution is 2.27. The van der Waals surface area contributed by atoms with Crippen LogP contribution in [0.25, 0.3) is 0 Å². The van der Waals surface area contributed by atoms with E-state index in [1.165, 1.54) is 0 Å². The molecule has 1 aliphatic rings. The van der Waals surface area contributed by atoms with Crippen molar-refractivity contribution in [3.8, 4) is 5.75 Å². The van der Waals surface area contributed by atoms with Crippen LogP contribution in [-0.4, -0.2) is 11.8 Å². The van der Waals surface area contributed by atoms with E-state index >= 15 is 0 Å². The molecule has 6 nitrogen and oxygen atoms in total. The Bertz CT molecular complexity index is 1080. The number of anilines is 1. The summed E-state index contributed by atoms with van der Waals surface area (Å²) in [6.07, 6.45) is 1.16. The number of halogens is 1. The fraction of sp³-hybridized carbons (Fsp3) is 0.217. The number of furan rings is 1. The van der Waals surface area contributed by atoms with Crippen LogP contribution in [0.2, 0.25) is 5.02 Å². The summed E-state index contributed by atoms with van der Waals surface area (Å²) in [4.78, 5) is 23.9. The normalized spacial score (nSPS) is 13.9. The van der Waals surface area contributed by atoms with Crippen LogP contribution in [-0.2, 0) is 17.8 Å². The van der Waals surface area contributed by atoms with Crippen LogP contribution < -0.4 is 15.4 Å². The quantitative estimate of drug-likeness (QED) is 0.590.